The maximum atomic E-state index is 13.0. The molecule has 6 heteroatoms. The molecule has 0 radical (unpaired) electrons. The van der Waals surface area contributed by atoms with Crippen molar-refractivity contribution < 1.29 is 19.0 Å². The van der Waals surface area contributed by atoms with Crippen molar-refractivity contribution in [2.45, 2.75) is 32.5 Å². The number of nitrogens with one attached hydrogen (secondary N) is 1. The zero-order chi connectivity index (χ0) is 19.7. The van der Waals surface area contributed by atoms with Gasteiger partial charge in [0.1, 0.15) is 29.0 Å². The van der Waals surface area contributed by atoms with E-state index in [0.29, 0.717) is 24.5 Å². The van der Waals surface area contributed by atoms with E-state index in [9.17, 15) is 4.79 Å². The first-order valence-electron chi connectivity index (χ1n) is 9.42. The Hall–Kier alpha value is -3.15. The van der Waals surface area contributed by atoms with Crippen LogP contribution >= 0.6 is 0 Å². The summed E-state index contributed by atoms with van der Waals surface area (Å²) in [6, 6.07) is 13.4. The fourth-order valence-corrected chi connectivity index (χ4v) is 3.68. The number of hydrogen-bond donors (Lipinski definition) is 1. The number of benzene rings is 2. The maximum absolute atomic E-state index is 13.0. The van der Waals surface area contributed by atoms with E-state index in [1.807, 2.05) is 42.5 Å². The summed E-state index contributed by atoms with van der Waals surface area (Å²) >= 11 is 0. The fourth-order valence-electron chi connectivity index (χ4n) is 3.68. The van der Waals surface area contributed by atoms with Gasteiger partial charge < -0.3 is 24.1 Å². The molecule has 0 bridgehead atoms. The van der Waals surface area contributed by atoms with Crippen LogP contribution < -0.4 is 19.5 Å². The monoisotopic (exact) mass is 380 g/mol. The molecule has 1 N–H and O–H groups in total. The van der Waals surface area contributed by atoms with Gasteiger partial charge in [0, 0.05) is 17.5 Å². The molecule has 1 atom stereocenters. The lowest BCUT2D eigenvalue weighted by Crippen LogP contribution is -2.31. The van der Waals surface area contributed by atoms with Crippen molar-refractivity contribution in [2.75, 3.05) is 14.2 Å². The van der Waals surface area contributed by atoms with Crippen molar-refractivity contribution in [3.05, 3.63) is 53.7 Å². The van der Waals surface area contributed by atoms with Crippen LogP contribution in [0.5, 0.6) is 17.2 Å². The third-order valence-electron chi connectivity index (χ3n) is 5.18. The molecule has 2 aromatic carbocycles. The average molecular weight is 380 g/mol. The highest BCUT2D eigenvalue weighted by atomic mass is 16.5. The number of hydrogen-bond acceptors (Lipinski definition) is 4. The molecule has 1 unspecified atom stereocenters. The number of aromatic nitrogens is 1. The molecule has 0 saturated carbocycles. The molecule has 1 aromatic heterocycles. The number of methoxy groups -OCH3 is 2. The molecule has 2 heterocycles. The predicted molar refractivity (Wildman–Crippen MR) is 107 cm³/mol. The average Bonchev–Trinajstić information content (AvgIpc) is 3.11. The van der Waals surface area contributed by atoms with Gasteiger partial charge in [-0.05, 0) is 36.8 Å². The topological polar surface area (TPSA) is 61.7 Å². The van der Waals surface area contributed by atoms with E-state index in [-0.39, 0.29) is 12.0 Å². The first kappa shape index (κ1) is 18.2. The standard InChI is InChI=1S/C22H24N2O4/c1-4-16-13-24-18(11-14-6-5-7-20(28-16)21(14)24)22(25)23-12-15-10-17(26-2)8-9-19(15)27-3/h5-11,16H,4,12-13H2,1-3H3,(H,23,25). The van der Waals surface area contributed by atoms with Gasteiger partial charge in [-0.25, -0.2) is 0 Å². The Bertz CT molecular complexity index is 1020. The third-order valence-corrected chi connectivity index (χ3v) is 5.18. The van der Waals surface area contributed by atoms with Crippen molar-refractivity contribution in [2.24, 2.45) is 0 Å². The number of carbonyl (C=O) groups is 1. The van der Waals surface area contributed by atoms with E-state index >= 15 is 0 Å². The van der Waals surface area contributed by atoms with Crippen LogP contribution in [0.2, 0.25) is 0 Å². The minimum absolute atomic E-state index is 0.0653. The number of carbonyl (C=O) groups excluding carboxylic acids is 1. The van der Waals surface area contributed by atoms with Gasteiger partial charge in [0.25, 0.3) is 5.91 Å². The summed E-state index contributed by atoms with van der Waals surface area (Å²) in [5.74, 6) is 2.15. The van der Waals surface area contributed by atoms with E-state index in [4.69, 9.17) is 14.2 Å². The van der Waals surface area contributed by atoms with Gasteiger partial charge in [0.2, 0.25) is 0 Å². The van der Waals surface area contributed by atoms with Crippen LogP contribution in [-0.4, -0.2) is 30.8 Å². The second-order valence-electron chi connectivity index (χ2n) is 6.84. The van der Waals surface area contributed by atoms with Crippen molar-refractivity contribution in [3.63, 3.8) is 0 Å². The van der Waals surface area contributed by atoms with Crippen molar-refractivity contribution in [3.8, 4) is 17.2 Å². The Balaban J connectivity index is 1.62. The van der Waals surface area contributed by atoms with E-state index in [0.717, 1.165) is 34.4 Å². The molecule has 0 aliphatic carbocycles. The molecule has 28 heavy (non-hydrogen) atoms. The van der Waals surface area contributed by atoms with Crippen LogP contribution in [0.1, 0.15) is 29.4 Å². The Morgan fingerprint density at radius 1 is 1.21 bits per heavy atom. The van der Waals surface area contributed by atoms with Gasteiger partial charge in [-0.15, -0.1) is 0 Å². The van der Waals surface area contributed by atoms with Crippen LogP contribution in [0.15, 0.2) is 42.5 Å². The van der Waals surface area contributed by atoms with Crippen molar-refractivity contribution >= 4 is 16.8 Å². The maximum Gasteiger partial charge on any atom is 0.268 e. The van der Waals surface area contributed by atoms with Gasteiger partial charge in [-0.3, -0.25) is 4.79 Å². The lowest BCUT2D eigenvalue weighted by molar-refractivity contribution is 0.0935. The van der Waals surface area contributed by atoms with Crippen molar-refractivity contribution in [1.29, 1.82) is 0 Å². The molecule has 1 aliphatic heterocycles. The smallest absolute Gasteiger partial charge is 0.268 e. The highest BCUT2D eigenvalue weighted by Crippen LogP contribution is 2.34. The predicted octanol–water partition coefficient (Wildman–Crippen LogP) is 3.76. The Morgan fingerprint density at radius 2 is 2.07 bits per heavy atom. The summed E-state index contributed by atoms with van der Waals surface area (Å²) in [6.07, 6.45) is 0.950. The zero-order valence-corrected chi connectivity index (χ0v) is 16.3. The lowest BCUT2D eigenvalue weighted by Gasteiger charge is -2.26. The molecule has 0 fully saturated rings. The summed E-state index contributed by atoms with van der Waals surface area (Å²) in [7, 11) is 3.23. The number of ether oxygens (including phenoxy) is 3. The number of rotatable bonds is 6. The van der Waals surface area contributed by atoms with Crippen LogP contribution in [0.25, 0.3) is 10.9 Å². The Kier molecular flexibility index (Phi) is 4.86. The van der Waals surface area contributed by atoms with E-state index in [1.54, 1.807) is 14.2 Å². The number of amides is 1. The molecular weight excluding hydrogens is 356 g/mol. The molecule has 0 saturated heterocycles. The highest BCUT2D eigenvalue weighted by Gasteiger charge is 2.25. The number of para-hydroxylation sites is 1. The normalized spacial score (nSPS) is 15.2. The molecule has 6 nitrogen and oxygen atoms in total. The summed E-state index contributed by atoms with van der Waals surface area (Å²) in [4.78, 5) is 13.0. The fraction of sp³-hybridized carbons (Fsp3) is 0.318. The molecule has 3 aromatic rings. The number of nitrogens with zero attached hydrogens (tertiary/aromatic N) is 1. The van der Waals surface area contributed by atoms with Gasteiger partial charge in [-0.2, -0.15) is 0 Å². The van der Waals surface area contributed by atoms with E-state index in [2.05, 4.69) is 16.8 Å². The summed E-state index contributed by atoms with van der Waals surface area (Å²) in [6.45, 7) is 3.11. The van der Waals surface area contributed by atoms with E-state index < -0.39 is 0 Å². The first-order chi connectivity index (χ1) is 13.6. The Morgan fingerprint density at radius 3 is 2.82 bits per heavy atom. The quantitative estimate of drug-likeness (QED) is 0.707. The van der Waals surface area contributed by atoms with Crippen LogP contribution in [0.3, 0.4) is 0 Å². The zero-order valence-electron chi connectivity index (χ0n) is 16.3. The molecule has 1 aliphatic rings. The molecule has 1 amide bonds. The summed E-state index contributed by atoms with van der Waals surface area (Å²) in [5, 5.41) is 4.03. The third kappa shape index (κ3) is 3.15. The molecule has 146 valence electrons. The van der Waals surface area contributed by atoms with Gasteiger partial charge in [0.15, 0.2) is 0 Å². The van der Waals surface area contributed by atoms with Crippen LogP contribution in [0.4, 0.5) is 0 Å². The minimum atomic E-state index is -0.122. The largest absolute Gasteiger partial charge is 0.497 e. The highest BCUT2D eigenvalue weighted by molar-refractivity contribution is 6.00. The first-order valence-corrected chi connectivity index (χ1v) is 9.42. The van der Waals surface area contributed by atoms with Crippen LogP contribution in [-0.2, 0) is 13.1 Å². The molecular formula is C22H24N2O4. The van der Waals surface area contributed by atoms with Gasteiger partial charge >= 0.3 is 0 Å². The molecule has 4 rings (SSSR count). The van der Waals surface area contributed by atoms with Crippen LogP contribution in [0, 0.1) is 0 Å². The summed E-state index contributed by atoms with van der Waals surface area (Å²) < 4.78 is 18.8. The van der Waals surface area contributed by atoms with Gasteiger partial charge in [0.05, 0.1) is 26.3 Å². The Labute approximate surface area is 164 Å². The second kappa shape index (κ2) is 7.46. The summed E-state index contributed by atoms with van der Waals surface area (Å²) in [5.41, 5.74) is 2.49. The van der Waals surface area contributed by atoms with E-state index in [1.165, 1.54) is 0 Å². The SMILES string of the molecule is CCC1Cn2c(C(=O)NCc3cc(OC)ccc3OC)cc3cccc(c32)O1. The minimum Gasteiger partial charge on any atom is -0.497 e. The lowest BCUT2D eigenvalue weighted by atomic mass is 10.2. The molecule has 0 spiro atoms. The van der Waals surface area contributed by atoms with Crippen molar-refractivity contribution in [1.82, 2.24) is 9.88 Å². The van der Waals surface area contributed by atoms with Gasteiger partial charge in [-0.1, -0.05) is 19.1 Å². The second-order valence-corrected chi connectivity index (χ2v) is 6.84.